The van der Waals surface area contributed by atoms with E-state index in [1.165, 1.54) is 5.56 Å². The zero-order chi connectivity index (χ0) is 17.6. The van der Waals surface area contributed by atoms with Crippen LogP contribution in [0, 0.1) is 0 Å². The van der Waals surface area contributed by atoms with Gasteiger partial charge in [-0.05, 0) is 48.4 Å². The van der Waals surface area contributed by atoms with Crippen molar-refractivity contribution in [1.82, 2.24) is 9.97 Å². The summed E-state index contributed by atoms with van der Waals surface area (Å²) in [6, 6.07) is 15.4. The third-order valence-corrected chi connectivity index (χ3v) is 3.93. The summed E-state index contributed by atoms with van der Waals surface area (Å²) < 4.78 is 5.34. The Morgan fingerprint density at radius 1 is 1.04 bits per heavy atom. The third-order valence-electron chi connectivity index (χ3n) is 3.70. The number of anilines is 4. The first kappa shape index (κ1) is 17.0. The van der Waals surface area contributed by atoms with Gasteiger partial charge in [0.25, 0.3) is 0 Å². The SMILES string of the molecule is CCc1ccc(Nc2nccc(Nc3cc(Cl)ccc3OC)n2)cc1. The van der Waals surface area contributed by atoms with Crippen LogP contribution < -0.4 is 15.4 Å². The van der Waals surface area contributed by atoms with Crippen LogP contribution in [-0.4, -0.2) is 17.1 Å². The van der Waals surface area contributed by atoms with Gasteiger partial charge in [-0.3, -0.25) is 0 Å². The number of hydrogen-bond donors (Lipinski definition) is 2. The van der Waals surface area contributed by atoms with Gasteiger partial charge in [-0.15, -0.1) is 0 Å². The van der Waals surface area contributed by atoms with Crippen molar-refractivity contribution in [2.75, 3.05) is 17.7 Å². The average molecular weight is 355 g/mol. The van der Waals surface area contributed by atoms with E-state index in [4.69, 9.17) is 16.3 Å². The van der Waals surface area contributed by atoms with Crippen molar-refractivity contribution < 1.29 is 4.74 Å². The van der Waals surface area contributed by atoms with E-state index in [1.807, 2.05) is 12.1 Å². The van der Waals surface area contributed by atoms with Crippen molar-refractivity contribution >= 4 is 34.7 Å². The highest BCUT2D eigenvalue weighted by atomic mass is 35.5. The molecule has 0 atom stereocenters. The molecule has 128 valence electrons. The second-order valence-electron chi connectivity index (χ2n) is 5.41. The summed E-state index contributed by atoms with van der Waals surface area (Å²) in [7, 11) is 1.61. The lowest BCUT2D eigenvalue weighted by atomic mass is 10.1. The van der Waals surface area contributed by atoms with Crippen molar-refractivity contribution in [3.63, 3.8) is 0 Å². The summed E-state index contributed by atoms with van der Waals surface area (Å²) in [5, 5.41) is 7.03. The van der Waals surface area contributed by atoms with Crippen LogP contribution in [0.3, 0.4) is 0 Å². The van der Waals surface area contributed by atoms with Crippen molar-refractivity contribution in [2.24, 2.45) is 0 Å². The lowest BCUT2D eigenvalue weighted by Gasteiger charge is -2.12. The fourth-order valence-electron chi connectivity index (χ4n) is 2.36. The summed E-state index contributed by atoms with van der Waals surface area (Å²) in [6.07, 6.45) is 2.70. The second-order valence-corrected chi connectivity index (χ2v) is 5.85. The van der Waals surface area contributed by atoms with E-state index in [0.29, 0.717) is 22.5 Å². The van der Waals surface area contributed by atoms with Gasteiger partial charge in [-0.2, -0.15) is 4.98 Å². The first-order chi connectivity index (χ1) is 12.2. The molecule has 0 fully saturated rings. The summed E-state index contributed by atoms with van der Waals surface area (Å²) in [5.74, 6) is 1.84. The molecule has 0 saturated carbocycles. The number of rotatable bonds is 6. The van der Waals surface area contributed by atoms with Gasteiger partial charge in [0.1, 0.15) is 11.6 Å². The van der Waals surface area contributed by atoms with Crippen molar-refractivity contribution in [3.05, 3.63) is 65.3 Å². The number of benzene rings is 2. The largest absolute Gasteiger partial charge is 0.495 e. The number of methoxy groups -OCH3 is 1. The molecule has 2 N–H and O–H groups in total. The number of nitrogens with zero attached hydrogens (tertiary/aromatic N) is 2. The lowest BCUT2D eigenvalue weighted by Crippen LogP contribution is -2.01. The molecule has 25 heavy (non-hydrogen) atoms. The van der Waals surface area contributed by atoms with E-state index in [-0.39, 0.29) is 0 Å². The highest BCUT2D eigenvalue weighted by molar-refractivity contribution is 6.31. The van der Waals surface area contributed by atoms with E-state index >= 15 is 0 Å². The van der Waals surface area contributed by atoms with E-state index in [2.05, 4.69) is 39.7 Å². The molecule has 6 heteroatoms. The summed E-state index contributed by atoms with van der Waals surface area (Å²) in [5.41, 5.74) is 2.97. The van der Waals surface area contributed by atoms with Crippen LogP contribution in [0.4, 0.5) is 23.1 Å². The molecule has 0 aliphatic rings. The Bertz CT molecular complexity index is 852. The number of hydrogen-bond acceptors (Lipinski definition) is 5. The lowest BCUT2D eigenvalue weighted by molar-refractivity contribution is 0.417. The normalized spacial score (nSPS) is 10.4. The fourth-order valence-corrected chi connectivity index (χ4v) is 2.53. The highest BCUT2D eigenvalue weighted by Crippen LogP contribution is 2.30. The van der Waals surface area contributed by atoms with Crippen molar-refractivity contribution in [1.29, 1.82) is 0 Å². The van der Waals surface area contributed by atoms with Crippen LogP contribution in [0.5, 0.6) is 5.75 Å². The summed E-state index contributed by atoms with van der Waals surface area (Å²) >= 11 is 6.06. The van der Waals surface area contributed by atoms with E-state index in [1.54, 1.807) is 37.6 Å². The molecule has 0 aliphatic carbocycles. The predicted molar refractivity (Wildman–Crippen MR) is 102 cm³/mol. The maximum absolute atomic E-state index is 6.06. The summed E-state index contributed by atoms with van der Waals surface area (Å²) in [4.78, 5) is 8.74. The number of ether oxygens (including phenoxy) is 1. The van der Waals surface area contributed by atoms with Gasteiger partial charge in [0.05, 0.1) is 12.8 Å². The monoisotopic (exact) mass is 354 g/mol. The Morgan fingerprint density at radius 3 is 2.56 bits per heavy atom. The zero-order valence-corrected chi connectivity index (χ0v) is 14.8. The Labute approximate surface area is 152 Å². The summed E-state index contributed by atoms with van der Waals surface area (Å²) in [6.45, 7) is 2.13. The Morgan fingerprint density at radius 2 is 1.84 bits per heavy atom. The molecule has 0 spiro atoms. The molecule has 0 bridgehead atoms. The molecular formula is C19H19ClN4O. The van der Waals surface area contributed by atoms with Crippen molar-refractivity contribution in [2.45, 2.75) is 13.3 Å². The van der Waals surface area contributed by atoms with Crippen LogP contribution in [-0.2, 0) is 6.42 Å². The topological polar surface area (TPSA) is 59.1 Å². The van der Waals surface area contributed by atoms with Gasteiger partial charge in [-0.25, -0.2) is 4.98 Å². The Kier molecular flexibility index (Phi) is 5.36. The van der Waals surface area contributed by atoms with Gasteiger partial charge in [0.2, 0.25) is 5.95 Å². The highest BCUT2D eigenvalue weighted by Gasteiger charge is 2.06. The molecule has 0 saturated heterocycles. The van der Waals surface area contributed by atoms with Gasteiger partial charge in [0.15, 0.2) is 0 Å². The second kappa shape index (κ2) is 7.85. The van der Waals surface area contributed by atoms with E-state index < -0.39 is 0 Å². The molecule has 1 heterocycles. The maximum atomic E-state index is 6.06. The van der Waals surface area contributed by atoms with Gasteiger partial charge in [-0.1, -0.05) is 30.7 Å². The maximum Gasteiger partial charge on any atom is 0.229 e. The Balaban J connectivity index is 1.78. The number of halogens is 1. The quantitative estimate of drug-likeness (QED) is 0.638. The molecule has 2 aromatic carbocycles. The first-order valence-corrected chi connectivity index (χ1v) is 8.35. The minimum Gasteiger partial charge on any atom is -0.495 e. The molecule has 0 amide bonds. The minimum atomic E-state index is 0.509. The van der Waals surface area contributed by atoms with Crippen LogP contribution in [0.2, 0.25) is 5.02 Å². The van der Waals surface area contributed by atoms with Crippen LogP contribution in [0.25, 0.3) is 0 Å². The van der Waals surface area contributed by atoms with Gasteiger partial charge >= 0.3 is 0 Å². The van der Waals surface area contributed by atoms with Gasteiger partial charge < -0.3 is 15.4 Å². The smallest absolute Gasteiger partial charge is 0.229 e. The van der Waals surface area contributed by atoms with E-state index in [9.17, 15) is 0 Å². The zero-order valence-electron chi connectivity index (χ0n) is 14.1. The standard InChI is InChI=1S/C19H19ClN4O/c1-3-13-4-7-15(8-5-13)22-19-21-11-10-18(24-19)23-16-12-14(20)6-9-17(16)25-2/h4-12H,3H2,1-2H3,(H2,21,22,23,24). The molecule has 5 nitrogen and oxygen atoms in total. The molecule has 3 aromatic rings. The predicted octanol–water partition coefficient (Wildman–Crippen LogP) is 5.19. The Hall–Kier alpha value is -2.79. The minimum absolute atomic E-state index is 0.509. The molecule has 3 rings (SSSR count). The molecule has 0 radical (unpaired) electrons. The van der Waals surface area contributed by atoms with Crippen LogP contribution in [0.15, 0.2) is 54.7 Å². The fraction of sp³-hybridized carbons (Fsp3) is 0.158. The number of aromatic nitrogens is 2. The third kappa shape index (κ3) is 4.39. The first-order valence-electron chi connectivity index (χ1n) is 7.97. The molecule has 0 unspecified atom stereocenters. The van der Waals surface area contributed by atoms with Crippen LogP contribution >= 0.6 is 11.6 Å². The van der Waals surface area contributed by atoms with Crippen molar-refractivity contribution in [3.8, 4) is 5.75 Å². The van der Waals surface area contributed by atoms with Crippen LogP contribution in [0.1, 0.15) is 12.5 Å². The average Bonchev–Trinajstić information content (AvgIpc) is 2.63. The van der Waals surface area contributed by atoms with Gasteiger partial charge in [0, 0.05) is 16.9 Å². The number of aryl methyl sites for hydroxylation is 1. The van der Waals surface area contributed by atoms with E-state index in [0.717, 1.165) is 17.8 Å². The molecule has 0 aliphatic heterocycles. The number of nitrogens with one attached hydrogen (secondary N) is 2. The molecule has 1 aromatic heterocycles. The molecular weight excluding hydrogens is 336 g/mol.